The Balaban J connectivity index is 1.78. The highest BCUT2D eigenvalue weighted by Crippen LogP contribution is 2.25. The van der Waals surface area contributed by atoms with Crippen LogP contribution in [0.5, 0.6) is 5.75 Å². The summed E-state index contributed by atoms with van der Waals surface area (Å²) in [6, 6.07) is 13.1. The standard InChI is InChI=1S/C21H25BrN4O3/c1-14-5-10-19(18(22)11-14)29-13-21(28)25-24-15(2)12-20(27)23-16-6-8-17(9-7-16)26(3)4/h5-11H,12-13H2,1-4H3,(H,23,27)(H,25,28)/b24-15+. The van der Waals surface area contributed by atoms with Gasteiger partial charge in [-0.3, -0.25) is 9.59 Å². The van der Waals surface area contributed by atoms with Crippen LogP contribution in [0.3, 0.4) is 0 Å². The molecule has 2 aromatic carbocycles. The van der Waals surface area contributed by atoms with Gasteiger partial charge in [0.15, 0.2) is 6.61 Å². The number of benzene rings is 2. The van der Waals surface area contributed by atoms with Gasteiger partial charge >= 0.3 is 0 Å². The largest absolute Gasteiger partial charge is 0.483 e. The molecule has 2 amide bonds. The minimum Gasteiger partial charge on any atom is -0.483 e. The van der Waals surface area contributed by atoms with Crippen molar-refractivity contribution in [2.45, 2.75) is 20.3 Å². The van der Waals surface area contributed by atoms with Crippen molar-refractivity contribution in [2.24, 2.45) is 5.10 Å². The van der Waals surface area contributed by atoms with E-state index in [0.717, 1.165) is 15.7 Å². The molecule has 0 aliphatic heterocycles. The Morgan fingerprint density at radius 3 is 2.41 bits per heavy atom. The highest BCUT2D eigenvalue weighted by molar-refractivity contribution is 9.10. The summed E-state index contributed by atoms with van der Waals surface area (Å²) >= 11 is 3.39. The predicted molar refractivity (Wildman–Crippen MR) is 120 cm³/mol. The monoisotopic (exact) mass is 460 g/mol. The van der Waals surface area contributed by atoms with Gasteiger partial charge in [0.2, 0.25) is 5.91 Å². The summed E-state index contributed by atoms with van der Waals surface area (Å²) in [6.45, 7) is 3.46. The maximum Gasteiger partial charge on any atom is 0.277 e. The van der Waals surface area contributed by atoms with Gasteiger partial charge < -0.3 is 15.0 Å². The molecule has 0 bridgehead atoms. The van der Waals surface area contributed by atoms with Crippen molar-refractivity contribution in [1.29, 1.82) is 0 Å². The molecule has 2 aromatic rings. The third kappa shape index (κ3) is 7.57. The lowest BCUT2D eigenvalue weighted by Crippen LogP contribution is -2.26. The molecule has 0 aliphatic carbocycles. The second kappa shape index (κ2) is 10.6. The summed E-state index contributed by atoms with van der Waals surface area (Å²) in [5.41, 5.74) is 5.71. The quantitative estimate of drug-likeness (QED) is 0.464. The van der Waals surface area contributed by atoms with Crippen molar-refractivity contribution >= 4 is 44.8 Å². The summed E-state index contributed by atoms with van der Waals surface area (Å²) in [6.07, 6.45) is 0.0695. The third-order valence-electron chi connectivity index (χ3n) is 3.90. The zero-order valence-electron chi connectivity index (χ0n) is 17.0. The predicted octanol–water partition coefficient (Wildman–Crippen LogP) is 3.72. The van der Waals surface area contributed by atoms with E-state index in [4.69, 9.17) is 4.74 Å². The van der Waals surface area contributed by atoms with Crippen LogP contribution in [0.15, 0.2) is 52.0 Å². The number of amides is 2. The SMILES string of the molecule is C/C(CC(=O)Nc1ccc(N(C)C)cc1)=N\NC(=O)COc1ccc(C)cc1Br. The highest BCUT2D eigenvalue weighted by atomic mass is 79.9. The Morgan fingerprint density at radius 2 is 1.79 bits per heavy atom. The van der Waals surface area contributed by atoms with Crippen molar-refractivity contribution in [2.75, 3.05) is 30.9 Å². The zero-order chi connectivity index (χ0) is 21.4. The molecule has 0 atom stereocenters. The lowest BCUT2D eigenvalue weighted by molar-refractivity contribution is -0.123. The summed E-state index contributed by atoms with van der Waals surface area (Å²) in [4.78, 5) is 26.0. The first-order valence-corrected chi connectivity index (χ1v) is 9.82. The molecule has 7 nitrogen and oxygen atoms in total. The van der Waals surface area contributed by atoms with Crippen LogP contribution in [-0.2, 0) is 9.59 Å². The first-order chi connectivity index (χ1) is 13.7. The molecule has 0 radical (unpaired) electrons. The fraction of sp³-hybridized carbons (Fsp3) is 0.286. The number of anilines is 2. The Kier molecular flexibility index (Phi) is 8.21. The molecular weight excluding hydrogens is 436 g/mol. The maximum absolute atomic E-state index is 12.1. The molecule has 2 N–H and O–H groups in total. The van der Waals surface area contributed by atoms with Gasteiger partial charge in [0.25, 0.3) is 5.91 Å². The van der Waals surface area contributed by atoms with E-state index in [0.29, 0.717) is 17.1 Å². The van der Waals surface area contributed by atoms with Gasteiger partial charge in [-0.15, -0.1) is 0 Å². The number of halogens is 1. The van der Waals surface area contributed by atoms with Crippen LogP contribution in [0.25, 0.3) is 0 Å². The van der Waals surface area contributed by atoms with Crippen LogP contribution in [0.4, 0.5) is 11.4 Å². The molecule has 154 valence electrons. The summed E-state index contributed by atoms with van der Waals surface area (Å²) < 4.78 is 6.24. The number of carbonyl (C=O) groups is 2. The van der Waals surface area contributed by atoms with E-state index < -0.39 is 5.91 Å². The van der Waals surface area contributed by atoms with E-state index in [1.165, 1.54) is 0 Å². The molecule has 8 heteroatoms. The zero-order valence-corrected chi connectivity index (χ0v) is 18.5. The first-order valence-electron chi connectivity index (χ1n) is 9.03. The number of hydrazone groups is 1. The normalized spacial score (nSPS) is 11.0. The van der Waals surface area contributed by atoms with Gasteiger partial charge in [-0.05, 0) is 71.7 Å². The van der Waals surface area contributed by atoms with Crippen LogP contribution >= 0.6 is 15.9 Å². The minimum atomic E-state index is -0.406. The van der Waals surface area contributed by atoms with Crippen molar-refractivity contribution < 1.29 is 14.3 Å². The first kappa shape index (κ1) is 22.4. The molecule has 29 heavy (non-hydrogen) atoms. The molecule has 0 saturated heterocycles. The maximum atomic E-state index is 12.1. The molecule has 2 rings (SSSR count). The number of ether oxygens (including phenoxy) is 1. The Bertz CT molecular complexity index is 895. The average Bonchev–Trinajstić information content (AvgIpc) is 2.66. The number of nitrogens with zero attached hydrogens (tertiary/aromatic N) is 2. The third-order valence-corrected chi connectivity index (χ3v) is 4.52. The summed E-state index contributed by atoms with van der Waals surface area (Å²) in [5.74, 6) is -0.0411. The van der Waals surface area contributed by atoms with Gasteiger partial charge in [0, 0.05) is 31.2 Å². The summed E-state index contributed by atoms with van der Waals surface area (Å²) in [5, 5.41) is 6.75. The van der Waals surface area contributed by atoms with E-state index in [9.17, 15) is 9.59 Å². The van der Waals surface area contributed by atoms with Crippen LogP contribution in [0.1, 0.15) is 18.9 Å². The Hall–Kier alpha value is -2.87. The van der Waals surface area contributed by atoms with Crippen LogP contribution < -0.4 is 20.4 Å². The lowest BCUT2D eigenvalue weighted by atomic mass is 10.2. The van der Waals surface area contributed by atoms with E-state index in [-0.39, 0.29) is 18.9 Å². The fourth-order valence-electron chi connectivity index (χ4n) is 2.38. The van der Waals surface area contributed by atoms with Gasteiger partial charge in [-0.25, -0.2) is 5.43 Å². The topological polar surface area (TPSA) is 83.0 Å². The highest BCUT2D eigenvalue weighted by Gasteiger charge is 2.08. The Morgan fingerprint density at radius 1 is 1.10 bits per heavy atom. The number of carbonyl (C=O) groups excluding carboxylic acids is 2. The van der Waals surface area contributed by atoms with Gasteiger partial charge in [0.1, 0.15) is 5.75 Å². The molecule has 0 fully saturated rings. The van der Waals surface area contributed by atoms with E-state index in [2.05, 4.69) is 31.8 Å². The van der Waals surface area contributed by atoms with Crippen molar-refractivity contribution in [3.05, 3.63) is 52.5 Å². The molecule has 0 saturated carbocycles. The Labute approximate surface area is 179 Å². The molecule has 0 aromatic heterocycles. The molecule has 0 heterocycles. The number of hydrogen-bond donors (Lipinski definition) is 2. The molecular formula is C21H25BrN4O3. The summed E-state index contributed by atoms with van der Waals surface area (Å²) in [7, 11) is 3.90. The van der Waals surface area contributed by atoms with Crippen molar-refractivity contribution in [1.82, 2.24) is 5.43 Å². The van der Waals surface area contributed by atoms with Gasteiger partial charge in [0.05, 0.1) is 10.9 Å². The van der Waals surface area contributed by atoms with Crippen LogP contribution in [0, 0.1) is 6.92 Å². The van der Waals surface area contributed by atoms with E-state index in [1.54, 1.807) is 13.0 Å². The van der Waals surface area contributed by atoms with Crippen molar-refractivity contribution in [3.63, 3.8) is 0 Å². The molecule has 0 aliphatic rings. The van der Waals surface area contributed by atoms with Gasteiger partial charge in [-0.2, -0.15) is 5.10 Å². The smallest absolute Gasteiger partial charge is 0.277 e. The van der Waals surface area contributed by atoms with Gasteiger partial charge in [-0.1, -0.05) is 6.07 Å². The van der Waals surface area contributed by atoms with E-state index >= 15 is 0 Å². The lowest BCUT2D eigenvalue weighted by Gasteiger charge is -2.13. The van der Waals surface area contributed by atoms with Crippen LogP contribution in [0.2, 0.25) is 0 Å². The number of rotatable bonds is 8. The second-order valence-electron chi connectivity index (χ2n) is 6.77. The number of hydrogen-bond acceptors (Lipinski definition) is 5. The van der Waals surface area contributed by atoms with Crippen LogP contribution in [-0.4, -0.2) is 38.2 Å². The average molecular weight is 461 g/mol. The van der Waals surface area contributed by atoms with Crippen molar-refractivity contribution in [3.8, 4) is 5.75 Å². The molecule has 0 unspecified atom stereocenters. The number of nitrogens with one attached hydrogen (secondary N) is 2. The second-order valence-corrected chi connectivity index (χ2v) is 7.63. The minimum absolute atomic E-state index is 0.0695. The molecule has 0 spiro atoms. The fourth-order valence-corrected chi connectivity index (χ4v) is 2.98. The number of aryl methyl sites for hydroxylation is 1. The van der Waals surface area contributed by atoms with E-state index in [1.807, 2.05) is 62.3 Å².